The molecule has 0 saturated heterocycles. The Kier molecular flexibility index (Phi) is 3.27. The topological polar surface area (TPSA) is 57.8 Å². The lowest BCUT2D eigenvalue weighted by atomic mass is 10.1. The number of rotatable bonds is 3. The van der Waals surface area contributed by atoms with E-state index in [1.165, 1.54) is 12.8 Å². The van der Waals surface area contributed by atoms with Gasteiger partial charge in [0.25, 0.3) is 0 Å². The van der Waals surface area contributed by atoms with Gasteiger partial charge in [-0.15, -0.1) is 0 Å². The van der Waals surface area contributed by atoms with E-state index in [-0.39, 0.29) is 5.91 Å². The van der Waals surface area contributed by atoms with E-state index in [0.29, 0.717) is 12.5 Å². The van der Waals surface area contributed by atoms with E-state index in [1.807, 2.05) is 13.8 Å². The fourth-order valence-electron chi connectivity index (χ4n) is 2.34. The van der Waals surface area contributed by atoms with Crippen molar-refractivity contribution in [2.45, 2.75) is 52.0 Å². The maximum Gasteiger partial charge on any atom is 0.224 e. The molecule has 1 aliphatic rings. The summed E-state index contributed by atoms with van der Waals surface area (Å²) >= 11 is 0. The predicted molar refractivity (Wildman–Crippen MR) is 62.2 cm³/mol. The van der Waals surface area contributed by atoms with Crippen LogP contribution in [0.4, 0.5) is 0 Å². The molecule has 1 fully saturated rings. The van der Waals surface area contributed by atoms with Gasteiger partial charge in [-0.1, -0.05) is 12.8 Å². The third kappa shape index (κ3) is 2.43. The maximum absolute atomic E-state index is 11.8. The Bertz CT molecular complexity index is 358. The number of H-pyrrole nitrogens is 1. The average Bonchev–Trinajstić information content (AvgIpc) is 2.83. The highest BCUT2D eigenvalue weighted by atomic mass is 16.1. The third-order valence-electron chi connectivity index (χ3n) is 3.34. The number of aromatic amines is 1. The van der Waals surface area contributed by atoms with Gasteiger partial charge in [0.15, 0.2) is 0 Å². The number of carbonyl (C=O) groups is 1. The van der Waals surface area contributed by atoms with Crippen LogP contribution in [0, 0.1) is 13.8 Å². The molecule has 1 heterocycles. The summed E-state index contributed by atoms with van der Waals surface area (Å²) in [5, 5.41) is 10.1. The zero-order chi connectivity index (χ0) is 11.5. The Balaban J connectivity index is 1.91. The Labute approximate surface area is 95.8 Å². The standard InChI is InChI=1S/C12H19N3O/c1-8-11(9(2)15-14-8)7-12(16)13-10-5-3-4-6-10/h10H,3-7H2,1-2H3,(H,13,16)(H,14,15). The first-order valence-electron chi connectivity index (χ1n) is 5.96. The van der Waals surface area contributed by atoms with E-state index in [4.69, 9.17) is 0 Å². The van der Waals surface area contributed by atoms with Crippen molar-refractivity contribution in [2.75, 3.05) is 0 Å². The van der Waals surface area contributed by atoms with Gasteiger partial charge in [-0.05, 0) is 26.7 Å². The number of hydrogen-bond donors (Lipinski definition) is 2. The van der Waals surface area contributed by atoms with Gasteiger partial charge in [0.1, 0.15) is 0 Å². The molecule has 1 aromatic rings. The van der Waals surface area contributed by atoms with E-state index in [2.05, 4.69) is 15.5 Å². The Morgan fingerprint density at radius 2 is 2.12 bits per heavy atom. The van der Waals surface area contributed by atoms with Crippen LogP contribution in [-0.2, 0) is 11.2 Å². The second kappa shape index (κ2) is 4.68. The van der Waals surface area contributed by atoms with E-state index < -0.39 is 0 Å². The van der Waals surface area contributed by atoms with Gasteiger partial charge in [-0.25, -0.2) is 0 Å². The van der Waals surface area contributed by atoms with Gasteiger partial charge in [-0.3, -0.25) is 9.89 Å². The molecule has 88 valence electrons. The van der Waals surface area contributed by atoms with Gasteiger partial charge in [0, 0.05) is 17.3 Å². The molecule has 2 rings (SSSR count). The summed E-state index contributed by atoms with van der Waals surface area (Å²) in [5.41, 5.74) is 2.97. The lowest BCUT2D eigenvalue weighted by Crippen LogP contribution is -2.33. The zero-order valence-electron chi connectivity index (χ0n) is 9.97. The van der Waals surface area contributed by atoms with Crippen LogP contribution in [0.3, 0.4) is 0 Å². The molecule has 0 unspecified atom stereocenters. The molecule has 2 N–H and O–H groups in total. The number of hydrogen-bond acceptors (Lipinski definition) is 2. The first kappa shape index (κ1) is 11.2. The van der Waals surface area contributed by atoms with Crippen LogP contribution in [0.5, 0.6) is 0 Å². The minimum atomic E-state index is 0.125. The van der Waals surface area contributed by atoms with E-state index >= 15 is 0 Å². The smallest absolute Gasteiger partial charge is 0.224 e. The molecule has 0 bridgehead atoms. The van der Waals surface area contributed by atoms with Crippen LogP contribution in [0.25, 0.3) is 0 Å². The minimum absolute atomic E-state index is 0.125. The van der Waals surface area contributed by atoms with Gasteiger partial charge in [-0.2, -0.15) is 5.10 Å². The normalized spacial score (nSPS) is 16.6. The summed E-state index contributed by atoms with van der Waals surface area (Å²) in [6.07, 6.45) is 5.21. The average molecular weight is 221 g/mol. The van der Waals surface area contributed by atoms with Crippen molar-refractivity contribution in [2.24, 2.45) is 0 Å². The molecule has 1 saturated carbocycles. The van der Waals surface area contributed by atoms with E-state index in [9.17, 15) is 4.79 Å². The van der Waals surface area contributed by atoms with Gasteiger partial charge in [0.2, 0.25) is 5.91 Å². The first-order chi connectivity index (χ1) is 7.66. The van der Waals surface area contributed by atoms with Crippen LogP contribution in [0.1, 0.15) is 42.6 Å². The molecule has 1 aliphatic carbocycles. The summed E-state index contributed by atoms with van der Waals surface area (Å²) in [5.74, 6) is 0.125. The fourth-order valence-corrected chi connectivity index (χ4v) is 2.34. The molecular formula is C12H19N3O. The summed E-state index contributed by atoms with van der Waals surface area (Å²) in [6.45, 7) is 3.89. The summed E-state index contributed by atoms with van der Waals surface area (Å²) in [6, 6.07) is 0.403. The number of carbonyl (C=O) groups excluding carboxylic acids is 1. The third-order valence-corrected chi connectivity index (χ3v) is 3.34. The first-order valence-corrected chi connectivity index (χ1v) is 5.96. The highest BCUT2D eigenvalue weighted by Crippen LogP contribution is 2.18. The lowest BCUT2D eigenvalue weighted by Gasteiger charge is -2.11. The lowest BCUT2D eigenvalue weighted by molar-refractivity contribution is -0.121. The number of aromatic nitrogens is 2. The van der Waals surface area contributed by atoms with Gasteiger partial charge < -0.3 is 5.32 Å². The molecule has 0 aliphatic heterocycles. The predicted octanol–water partition coefficient (Wildman–Crippen LogP) is 1.63. The molecule has 0 radical (unpaired) electrons. The molecule has 16 heavy (non-hydrogen) atoms. The zero-order valence-corrected chi connectivity index (χ0v) is 9.97. The van der Waals surface area contributed by atoms with Crippen molar-refractivity contribution in [3.05, 3.63) is 17.0 Å². The molecule has 0 aromatic carbocycles. The summed E-state index contributed by atoms with van der Waals surface area (Å²) in [4.78, 5) is 11.8. The number of nitrogens with one attached hydrogen (secondary N) is 2. The summed E-state index contributed by atoms with van der Waals surface area (Å²) < 4.78 is 0. The van der Waals surface area contributed by atoms with Crippen LogP contribution in [-0.4, -0.2) is 22.1 Å². The second-order valence-electron chi connectivity index (χ2n) is 4.64. The number of aryl methyl sites for hydroxylation is 2. The van der Waals surface area contributed by atoms with Crippen molar-refractivity contribution >= 4 is 5.91 Å². The quantitative estimate of drug-likeness (QED) is 0.815. The SMILES string of the molecule is Cc1n[nH]c(C)c1CC(=O)NC1CCCC1. The highest BCUT2D eigenvalue weighted by Gasteiger charge is 2.18. The van der Waals surface area contributed by atoms with Crippen molar-refractivity contribution in [3.63, 3.8) is 0 Å². The highest BCUT2D eigenvalue weighted by molar-refractivity contribution is 5.79. The Morgan fingerprint density at radius 1 is 1.44 bits per heavy atom. The van der Waals surface area contributed by atoms with Crippen LogP contribution >= 0.6 is 0 Å². The van der Waals surface area contributed by atoms with Crippen molar-refractivity contribution in [1.82, 2.24) is 15.5 Å². The number of nitrogens with zero attached hydrogens (tertiary/aromatic N) is 1. The minimum Gasteiger partial charge on any atom is -0.353 e. The van der Waals surface area contributed by atoms with E-state index in [1.54, 1.807) is 0 Å². The van der Waals surface area contributed by atoms with Gasteiger partial charge in [0.05, 0.1) is 12.1 Å². The Morgan fingerprint density at radius 3 is 2.69 bits per heavy atom. The largest absolute Gasteiger partial charge is 0.353 e. The summed E-state index contributed by atoms with van der Waals surface area (Å²) in [7, 11) is 0. The Hall–Kier alpha value is -1.32. The van der Waals surface area contributed by atoms with Crippen molar-refractivity contribution in [1.29, 1.82) is 0 Å². The molecule has 0 atom stereocenters. The molecule has 1 amide bonds. The van der Waals surface area contributed by atoms with Crippen molar-refractivity contribution in [3.8, 4) is 0 Å². The molecular weight excluding hydrogens is 202 g/mol. The molecule has 4 nitrogen and oxygen atoms in total. The van der Waals surface area contributed by atoms with Crippen LogP contribution < -0.4 is 5.32 Å². The van der Waals surface area contributed by atoms with Crippen LogP contribution in [0.2, 0.25) is 0 Å². The fraction of sp³-hybridized carbons (Fsp3) is 0.667. The number of amides is 1. The second-order valence-corrected chi connectivity index (χ2v) is 4.64. The maximum atomic E-state index is 11.8. The monoisotopic (exact) mass is 221 g/mol. The molecule has 1 aromatic heterocycles. The van der Waals surface area contributed by atoms with Gasteiger partial charge >= 0.3 is 0 Å². The molecule has 0 spiro atoms. The molecule has 4 heteroatoms. The van der Waals surface area contributed by atoms with Crippen molar-refractivity contribution < 1.29 is 4.79 Å². The van der Waals surface area contributed by atoms with E-state index in [0.717, 1.165) is 29.8 Å². The van der Waals surface area contributed by atoms with Crippen LogP contribution in [0.15, 0.2) is 0 Å².